The quantitative estimate of drug-likeness (QED) is 0.789. The summed E-state index contributed by atoms with van der Waals surface area (Å²) in [5, 5.41) is 2.96. The van der Waals surface area contributed by atoms with Crippen molar-refractivity contribution in [2.24, 2.45) is 4.99 Å². The molecular formula is C19H22N4O3S. The second-order valence-electron chi connectivity index (χ2n) is 6.38. The van der Waals surface area contributed by atoms with E-state index >= 15 is 0 Å². The van der Waals surface area contributed by atoms with Crippen LogP contribution < -0.4 is 10.0 Å². The summed E-state index contributed by atoms with van der Waals surface area (Å²) in [6.45, 7) is 3.87. The molecule has 2 heterocycles. The van der Waals surface area contributed by atoms with Crippen LogP contribution in [0.5, 0.6) is 0 Å². The maximum absolute atomic E-state index is 12.3. The van der Waals surface area contributed by atoms with Crippen LogP contribution in [-0.4, -0.2) is 30.9 Å². The molecule has 8 heteroatoms. The number of sulfonamides is 1. The van der Waals surface area contributed by atoms with Crippen LogP contribution in [0.2, 0.25) is 0 Å². The van der Waals surface area contributed by atoms with Crippen LogP contribution in [0, 0.1) is 0 Å². The van der Waals surface area contributed by atoms with E-state index in [1.54, 1.807) is 19.2 Å². The first kappa shape index (κ1) is 19.0. The zero-order valence-corrected chi connectivity index (χ0v) is 16.1. The second kappa shape index (κ2) is 7.87. The highest BCUT2D eigenvalue weighted by molar-refractivity contribution is 7.90. The standard InChI is InChI=1S/C19H22N4O3S/c1-3-27(25,26)23-19-17-12-20-16(9-15(17)11-21-19)10-18(24)22-13(2)14-7-5-4-6-8-14/h4-9,12-13H,3,10-11H2,1-2H3,(H,21,23)(H,22,24)/t13-/m1/s1. The molecule has 1 aromatic carbocycles. The van der Waals surface area contributed by atoms with Gasteiger partial charge in [0.15, 0.2) is 0 Å². The summed E-state index contributed by atoms with van der Waals surface area (Å²) in [6, 6.07) is 11.5. The zero-order chi connectivity index (χ0) is 19.4. The molecule has 0 saturated carbocycles. The van der Waals surface area contributed by atoms with E-state index in [1.165, 1.54) is 0 Å². The van der Waals surface area contributed by atoms with Crippen molar-refractivity contribution in [1.82, 2.24) is 15.0 Å². The number of hydrogen-bond donors (Lipinski definition) is 2. The Labute approximate surface area is 159 Å². The second-order valence-corrected chi connectivity index (χ2v) is 8.39. The molecule has 0 spiro atoms. The molecule has 2 aromatic rings. The highest BCUT2D eigenvalue weighted by atomic mass is 32.2. The van der Waals surface area contributed by atoms with Crippen LogP contribution in [0.25, 0.3) is 0 Å². The maximum atomic E-state index is 12.3. The summed E-state index contributed by atoms with van der Waals surface area (Å²) in [7, 11) is -3.39. The minimum absolute atomic E-state index is 0.0212. The Kier molecular flexibility index (Phi) is 5.55. The molecule has 3 rings (SSSR count). The number of carbonyl (C=O) groups excluding carboxylic acids is 1. The highest BCUT2D eigenvalue weighted by Gasteiger charge is 2.21. The molecule has 0 aliphatic carbocycles. The number of nitrogens with one attached hydrogen (secondary N) is 2. The SMILES string of the molecule is CCS(=O)(=O)NC1=NCc2cc(CC(=O)N[C@H](C)c3ccccc3)ncc21. The van der Waals surface area contributed by atoms with Crippen molar-refractivity contribution in [2.75, 3.05) is 5.75 Å². The van der Waals surface area contributed by atoms with Crippen molar-refractivity contribution in [2.45, 2.75) is 32.9 Å². The first-order chi connectivity index (χ1) is 12.9. The molecule has 0 radical (unpaired) electrons. The molecule has 2 N–H and O–H groups in total. The largest absolute Gasteiger partial charge is 0.349 e. The zero-order valence-electron chi connectivity index (χ0n) is 15.3. The molecule has 0 unspecified atom stereocenters. The minimum Gasteiger partial charge on any atom is -0.349 e. The van der Waals surface area contributed by atoms with Gasteiger partial charge in [0.1, 0.15) is 5.84 Å². The van der Waals surface area contributed by atoms with E-state index in [0.29, 0.717) is 23.6 Å². The highest BCUT2D eigenvalue weighted by Crippen LogP contribution is 2.19. The Hall–Kier alpha value is -2.74. The van der Waals surface area contributed by atoms with Gasteiger partial charge in [-0.05, 0) is 31.0 Å². The number of pyridine rings is 1. The topological polar surface area (TPSA) is 101 Å². The number of rotatable bonds is 6. The lowest BCUT2D eigenvalue weighted by atomic mass is 10.1. The van der Waals surface area contributed by atoms with E-state index in [1.807, 2.05) is 37.3 Å². The van der Waals surface area contributed by atoms with Crippen molar-refractivity contribution in [3.05, 3.63) is 65.0 Å². The van der Waals surface area contributed by atoms with Crippen molar-refractivity contribution >= 4 is 21.8 Å². The summed E-state index contributed by atoms with van der Waals surface area (Å²) in [5.41, 5.74) is 3.18. The van der Waals surface area contributed by atoms with Crippen molar-refractivity contribution < 1.29 is 13.2 Å². The van der Waals surface area contributed by atoms with Crippen LogP contribution >= 0.6 is 0 Å². The molecule has 0 bridgehead atoms. The van der Waals surface area contributed by atoms with E-state index in [2.05, 4.69) is 20.0 Å². The number of amidine groups is 1. The molecule has 1 aliphatic heterocycles. The number of hydrogen-bond acceptors (Lipinski definition) is 5. The van der Waals surface area contributed by atoms with Crippen molar-refractivity contribution in [3.8, 4) is 0 Å². The molecule has 1 aromatic heterocycles. The monoisotopic (exact) mass is 386 g/mol. The molecule has 1 amide bonds. The van der Waals surface area contributed by atoms with E-state index in [0.717, 1.165) is 11.1 Å². The molecule has 1 atom stereocenters. The summed E-state index contributed by atoms with van der Waals surface area (Å²) >= 11 is 0. The van der Waals surface area contributed by atoms with Gasteiger partial charge in [-0.3, -0.25) is 19.5 Å². The Morgan fingerprint density at radius 1 is 1.26 bits per heavy atom. The average molecular weight is 386 g/mol. The molecule has 1 aliphatic rings. The number of benzene rings is 1. The van der Waals surface area contributed by atoms with Crippen LogP contribution in [-0.2, 0) is 27.8 Å². The fourth-order valence-corrected chi connectivity index (χ4v) is 3.44. The normalized spacial score (nSPS) is 14.2. The lowest BCUT2D eigenvalue weighted by Gasteiger charge is -2.14. The summed E-state index contributed by atoms with van der Waals surface area (Å²) in [6.07, 6.45) is 1.73. The van der Waals surface area contributed by atoms with Crippen LogP contribution in [0.15, 0.2) is 47.6 Å². The summed E-state index contributed by atoms with van der Waals surface area (Å²) in [4.78, 5) is 20.8. The lowest BCUT2D eigenvalue weighted by molar-refractivity contribution is -0.121. The predicted octanol–water partition coefficient (Wildman–Crippen LogP) is 1.70. The van der Waals surface area contributed by atoms with E-state index in [4.69, 9.17) is 0 Å². The number of fused-ring (bicyclic) bond motifs is 1. The number of aromatic nitrogens is 1. The average Bonchev–Trinajstić information content (AvgIpc) is 3.03. The number of aliphatic imine (C=N–C) groups is 1. The van der Waals surface area contributed by atoms with Gasteiger partial charge in [0.2, 0.25) is 15.9 Å². The number of nitrogens with zero attached hydrogens (tertiary/aromatic N) is 2. The summed E-state index contributed by atoms with van der Waals surface area (Å²) < 4.78 is 25.9. The fraction of sp³-hybridized carbons (Fsp3) is 0.316. The summed E-state index contributed by atoms with van der Waals surface area (Å²) in [5.74, 6) is 0.171. The third-order valence-electron chi connectivity index (χ3n) is 4.36. The Morgan fingerprint density at radius 2 is 2.00 bits per heavy atom. The van der Waals surface area contributed by atoms with Gasteiger partial charge in [0.05, 0.1) is 30.5 Å². The minimum atomic E-state index is -3.39. The van der Waals surface area contributed by atoms with Crippen LogP contribution in [0.1, 0.15) is 42.3 Å². The van der Waals surface area contributed by atoms with Crippen molar-refractivity contribution in [1.29, 1.82) is 0 Å². The van der Waals surface area contributed by atoms with Gasteiger partial charge >= 0.3 is 0 Å². The Balaban J connectivity index is 1.64. The molecule has 0 saturated heterocycles. The smallest absolute Gasteiger partial charge is 0.233 e. The van der Waals surface area contributed by atoms with Gasteiger partial charge in [0, 0.05) is 11.8 Å². The number of amides is 1. The van der Waals surface area contributed by atoms with Gasteiger partial charge in [-0.15, -0.1) is 0 Å². The van der Waals surface area contributed by atoms with E-state index in [9.17, 15) is 13.2 Å². The molecular weight excluding hydrogens is 364 g/mol. The van der Waals surface area contributed by atoms with Crippen LogP contribution in [0.3, 0.4) is 0 Å². The van der Waals surface area contributed by atoms with E-state index in [-0.39, 0.29) is 24.1 Å². The fourth-order valence-electron chi connectivity index (χ4n) is 2.83. The molecule has 0 fully saturated rings. The maximum Gasteiger partial charge on any atom is 0.233 e. The Morgan fingerprint density at radius 3 is 2.70 bits per heavy atom. The van der Waals surface area contributed by atoms with Gasteiger partial charge in [-0.25, -0.2) is 8.42 Å². The van der Waals surface area contributed by atoms with Gasteiger partial charge in [-0.2, -0.15) is 0 Å². The van der Waals surface area contributed by atoms with E-state index < -0.39 is 10.0 Å². The molecule has 7 nitrogen and oxygen atoms in total. The molecule has 27 heavy (non-hydrogen) atoms. The molecule has 142 valence electrons. The van der Waals surface area contributed by atoms with Gasteiger partial charge in [-0.1, -0.05) is 30.3 Å². The third kappa shape index (κ3) is 4.71. The first-order valence-corrected chi connectivity index (χ1v) is 10.4. The third-order valence-corrected chi connectivity index (χ3v) is 5.62. The van der Waals surface area contributed by atoms with Crippen molar-refractivity contribution in [3.63, 3.8) is 0 Å². The Bertz CT molecular complexity index is 972. The van der Waals surface area contributed by atoms with Crippen LogP contribution in [0.4, 0.5) is 0 Å². The lowest BCUT2D eigenvalue weighted by Crippen LogP contribution is -2.31. The predicted molar refractivity (Wildman–Crippen MR) is 104 cm³/mol. The van der Waals surface area contributed by atoms with Gasteiger partial charge in [0.25, 0.3) is 0 Å². The van der Waals surface area contributed by atoms with Gasteiger partial charge < -0.3 is 5.32 Å². The first-order valence-electron chi connectivity index (χ1n) is 8.75. The number of carbonyl (C=O) groups is 1.